The van der Waals surface area contributed by atoms with Crippen LogP contribution in [0.1, 0.15) is 22.4 Å². The molecule has 0 atom stereocenters. The van der Waals surface area contributed by atoms with E-state index in [9.17, 15) is 4.79 Å². The molecule has 0 saturated heterocycles. The zero-order chi connectivity index (χ0) is 15.9. The first-order chi connectivity index (χ1) is 10.6. The Hall–Kier alpha value is -2.69. The fourth-order valence-electron chi connectivity index (χ4n) is 1.94. The third-order valence-corrected chi connectivity index (χ3v) is 3.30. The maximum atomic E-state index is 11.7. The lowest BCUT2D eigenvalue weighted by molar-refractivity contribution is -0.123. The van der Waals surface area contributed by atoms with Gasteiger partial charge in [-0.05, 0) is 49.6 Å². The second-order valence-corrected chi connectivity index (χ2v) is 4.99. The van der Waals surface area contributed by atoms with Gasteiger partial charge in [0.2, 0.25) is 0 Å². The Kier molecular flexibility index (Phi) is 5.25. The van der Waals surface area contributed by atoms with Crippen LogP contribution in [0, 0.1) is 20.8 Å². The number of aryl methyl sites for hydroxylation is 2. The van der Waals surface area contributed by atoms with Crippen molar-refractivity contribution in [1.82, 2.24) is 10.4 Å². The SMILES string of the molecule is Cc1ccc(C)c(OCC(=O)N/N=C/c2ccccn2)c1C. The minimum absolute atomic E-state index is 0.0787. The summed E-state index contributed by atoms with van der Waals surface area (Å²) >= 11 is 0. The minimum atomic E-state index is -0.313. The molecule has 0 spiro atoms. The van der Waals surface area contributed by atoms with Crippen LogP contribution in [-0.2, 0) is 4.79 Å². The van der Waals surface area contributed by atoms with E-state index in [-0.39, 0.29) is 12.5 Å². The Morgan fingerprint density at radius 2 is 2.00 bits per heavy atom. The van der Waals surface area contributed by atoms with Gasteiger partial charge in [0.1, 0.15) is 5.75 Å². The molecule has 0 unspecified atom stereocenters. The van der Waals surface area contributed by atoms with Crippen molar-refractivity contribution in [2.24, 2.45) is 5.10 Å². The molecule has 2 aromatic rings. The predicted molar refractivity (Wildman–Crippen MR) is 86.1 cm³/mol. The van der Waals surface area contributed by atoms with Crippen LogP contribution < -0.4 is 10.2 Å². The highest BCUT2D eigenvalue weighted by molar-refractivity contribution is 5.81. The first-order valence-electron chi connectivity index (χ1n) is 7.00. The number of hydrogen-bond donors (Lipinski definition) is 1. The van der Waals surface area contributed by atoms with Crippen molar-refractivity contribution in [3.05, 3.63) is 58.9 Å². The highest BCUT2D eigenvalue weighted by Gasteiger charge is 2.08. The van der Waals surface area contributed by atoms with Gasteiger partial charge >= 0.3 is 0 Å². The number of rotatable bonds is 5. The first-order valence-corrected chi connectivity index (χ1v) is 7.00. The highest BCUT2D eigenvalue weighted by atomic mass is 16.5. The highest BCUT2D eigenvalue weighted by Crippen LogP contribution is 2.25. The van der Waals surface area contributed by atoms with Crippen LogP contribution in [0.15, 0.2) is 41.6 Å². The second kappa shape index (κ2) is 7.36. The van der Waals surface area contributed by atoms with Crippen molar-refractivity contribution in [2.75, 3.05) is 6.61 Å². The van der Waals surface area contributed by atoms with E-state index < -0.39 is 0 Å². The molecule has 1 N–H and O–H groups in total. The minimum Gasteiger partial charge on any atom is -0.483 e. The largest absolute Gasteiger partial charge is 0.483 e. The zero-order valence-electron chi connectivity index (χ0n) is 13.0. The molecule has 0 aliphatic rings. The van der Waals surface area contributed by atoms with E-state index in [4.69, 9.17) is 4.74 Å². The fraction of sp³-hybridized carbons (Fsp3) is 0.235. The van der Waals surface area contributed by atoms with Gasteiger partial charge in [-0.1, -0.05) is 18.2 Å². The number of pyridine rings is 1. The second-order valence-electron chi connectivity index (χ2n) is 4.99. The van der Waals surface area contributed by atoms with Crippen molar-refractivity contribution in [3.8, 4) is 5.75 Å². The van der Waals surface area contributed by atoms with E-state index in [1.54, 1.807) is 12.3 Å². The average molecular weight is 297 g/mol. The fourth-order valence-corrected chi connectivity index (χ4v) is 1.94. The van der Waals surface area contributed by atoms with E-state index in [0.717, 1.165) is 22.4 Å². The molecule has 2 rings (SSSR count). The third kappa shape index (κ3) is 4.15. The molecule has 5 nitrogen and oxygen atoms in total. The summed E-state index contributed by atoms with van der Waals surface area (Å²) in [5.41, 5.74) is 6.28. The molecule has 0 aliphatic carbocycles. The molecule has 1 heterocycles. The summed E-state index contributed by atoms with van der Waals surface area (Å²) < 4.78 is 5.61. The number of hydrazone groups is 1. The molecule has 1 amide bonds. The molecule has 1 aromatic heterocycles. The van der Waals surface area contributed by atoms with Crippen molar-refractivity contribution < 1.29 is 9.53 Å². The van der Waals surface area contributed by atoms with E-state index in [0.29, 0.717) is 5.69 Å². The van der Waals surface area contributed by atoms with Gasteiger partial charge in [0.05, 0.1) is 11.9 Å². The van der Waals surface area contributed by atoms with Gasteiger partial charge in [0.15, 0.2) is 6.61 Å². The standard InChI is InChI=1S/C17H19N3O2/c1-12-7-8-13(2)17(14(12)3)22-11-16(21)20-19-10-15-6-4-5-9-18-15/h4-10H,11H2,1-3H3,(H,20,21)/b19-10+. The van der Waals surface area contributed by atoms with Crippen LogP contribution in [0.25, 0.3) is 0 Å². The molecule has 0 aliphatic heterocycles. The average Bonchev–Trinajstić information content (AvgIpc) is 2.52. The van der Waals surface area contributed by atoms with Crippen LogP contribution in [0.2, 0.25) is 0 Å². The molecule has 0 radical (unpaired) electrons. The Bertz CT molecular complexity index is 682. The normalized spacial score (nSPS) is 10.7. The molecule has 114 valence electrons. The summed E-state index contributed by atoms with van der Waals surface area (Å²) in [5.74, 6) is 0.441. The maximum absolute atomic E-state index is 11.7. The summed E-state index contributed by atoms with van der Waals surface area (Å²) in [6.07, 6.45) is 3.15. The molecule has 0 fully saturated rings. The number of amides is 1. The Balaban J connectivity index is 1.89. The summed E-state index contributed by atoms with van der Waals surface area (Å²) in [6, 6.07) is 9.48. The predicted octanol–water partition coefficient (Wildman–Crippen LogP) is 2.54. The van der Waals surface area contributed by atoms with E-state index in [1.807, 2.05) is 45.0 Å². The molecule has 0 saturated carbocycles. The van der Waals surface area contributed by atoms with Crippen LogP contribution in [0.5, 0.6) is 5.75 Å². The molecule has 5 heteroatoms. The summed E-state index contributed by atoms with van der Waals surface area (Å²) in [6.45, 7) is 5.87. The van der Waals surface area contributed by atoms with Gasteiger partial charge < -0.3 is 4.74 Å². The summed E-state index contributed by atoms with van der Waals surface area (Å²) in [7, 11) is 0. The van der Waals surface area contributed by atoms with Gasteiger partial charge in [-0.3, -0.25) is 9.78 Å². The topological polar surface area (TPSA) is 63.6 Å². The maximum Gasteiger partial charge on any atom is 0.277 e. The number of benzene rings is 1. The first kappa shape index (κ1) is 15.7. The lowest BCUT2D eigenvalue weighted by Crippen LogP contribution is -2.25. The molecular weight excluding hydrogens is 278 g/mol. The van der Waals surface area contributed by atoms with Crippen molar-refractivity contribution in [1.29, 1.82) is 0 Å². The molecular formula is C17H19N3O2. The smallest absolute Gasteiger partial charge is 0.277 e. The number of ether oxygens (including phenoxy) is 1. The third-order valence-electron chi connectivity index (χ3n) is 3.30. The monoisotopic (exact) mass is 297 g/mol. The zero-order valence-corrected chi connectivity index (χ0v) is 13.0. The summed E-state index contributed by atoms with van der Waals surface area (Å²) in [5, 5.41) is 3.85. The van der Waals surface area contributed by atoms with Crippen LogP contribution in [-0.4, -0.2) is 23.7 Å². The van der Waals surface area contributed by atoms with Crippen LogP contribution >= 0.6 is 0 Å². The lowest BCUT2D eigenvalue weighted by atomic mass is 10.1. The lowest BCUT2D eigenvalue weighted by Gasteiger charge is -2.13. The summed E-state index contributed by atoms with van der Waals surface area (Å²) in [4.78, 5) is 15.8. The van der Waals surface area contributed by atoms with Crippen LogP contribution in [0.4, 0.5) is 0 Å². The van der Waals surface area contributed by atoms with Gasteiger partial charge in [0, 0.05) is 6.20 Å². The molecule has 1 aromatic carbocycles. The number of carbonyl (C=O) groups excluding carboxylic acids is 1. The molecule has 22 heavy (non-hydrogen) atoms. The van der Waals surface area contributed by atoms with E-state index in [1.165, 1.54) is 6.21 Å². The number of aromatic nitrogens is 1. The van der Waals surface area contributed by atoms with Crippen molar-refractivity contribution in [2.45, 2.75) is 20.8 Å². The Morgan fingerprint density at radius 3 is 2.73 bits per heavy atom. The van der Waals surface area contributed by atoms with E-state index >= 15 is 0 Å². The van der Waals surface area contributed by atoms with Crippen molar-refractivity contribution >= 4 is 12.1 Å². The molecule has 0 bridgehead atoms. The van der Waals surface area contributed by atoms with Gasteiger partial charge in [-0.2, -0.15) is 5.10 Å². The number of carbonyl (C=O) groups is 1. The van der Waals surface area contributed by atoms with Gasteiger partial charge in [-0.25, -0.2) is 5.43 Å². The Morgan fingerprint density at radius 1 is 1.23 bits per heavy atom. The van der Waals surface area contributed by atoms with Crippen LogP contribution in [0.3, 0.4) is 0 Å². The number of nitrogens with one attached hydrogen (secondary N) is 1. The number of nitrogens with zero attached hydrogens (tertiary/aromatic N) is 2. The quantitative estimate of drug-likeness (QED) is 0.681. The van der Waals surface area contributed by atoms with Gasteiger partial charge in [-0.15, -0.1) is 0 Å². The van der Waals surface area contributed by atoms with E-state index in [2.05, 4.69) is 15.5 Å². The number of hydrogen-bond acceptors (Lipinski definition) is 4. The Labute approximate surface area is 130 Å². The van der Waals surface area contributed by atoms with Gasteiger partial charge in [0.25, 0.3) is 5.91 Å². The van der Waals surface area contributed by atoms with Crippen molar-refractivity contribution in [3.63, 3.8) is 0 Å².